The molecule has 0 fully saturated rings. The van der Waals surface area contributed by atoms with Crippen molar-refractivity contribution in [3.63, 3.8) is 0 Å². The van der Waals surface area contributed by atoms with Crippen LogP contribution in [0.1, 0.15) is 24.1 Å². The highest BCUT2D eigenvalue weighted by molar-refractivity contribution is 6.56. The zero-order valence-electron chi connectivity index (χ0n) is 29.7. The van der Waals surface area contributed by atoms with E-state index >= 15 is 0 Å². The molecule has 2 amide bonds. The number of anilines is 4. The summed E-state index contributed by atoms with van der Waals surface area (Å²) >= 11 is 6.13. The van der Waals surface area contributed by atoms with E-state index in [2.05, 4.69) is 9.98 Å². The molecule has 56 heavy (non-hydrogen) atoms. The molecule has 0 bridgehead atoms. The molecule has 0 atom stereocenters. The van der Waals surface area contributed by atoms with Crippen molar-refractivity contribution in [1.29, 1.82) is 0 Å². The van der Waals surface area contributed by atoms with Crippen LogP contribution in [0.5, 0.6) is 11.5 Å². The Labute approximate surface area is 331 Å². The van der Waals surface area contributed by atoms with Gasteiger partial charge >= 0.3 is 0 Å². The van der Waals surface area contributed by atoms with Crippen molar-refractivity contribution in [1.82, 2.24) is 0 Å². The topological polar surface area (TPSA) is 74.6 Å². The first-order valence-corrected chi connectivity index (χ1v) is 18.1. The maximum atomic E-state index is 13.2. The fourth-order valence-corrected chi connectivity index (χ4v) is 6.82. The van der Waals surface area contributed by atoms with Gasteiger partial charge in [0.15, 0.2) is 0 Å². The van der Waals surface area contributed by atoms with Crippen molar-refractivity contribution >= 4 is 69.0 Å². The fraction of sp³-hybridized carbons (Fsp3) is 0.0417. The Morgan fingerprint density at radius 1 is 0.482 bits per heavy atom. The number of carbonyl (C=O) groups is 2. The van der Waals surface area contributed by atoms with Crippen LogP contribution in [0, 0.1) is 6.92 Å². The van der Waals surface area contributed by atoms with Crippen molar-refractivity contribution in [2.75, 3.05) is 9.80 Å². The number of halogens is 1. The van der Waals surface area contributed by atoms with Gasteiger partial charge in [0.2, 0.25) is 0 Å². The van der Waals surface area contributed by atoms with E-state index in [0.29, 0.717) is 33.6 Å². The minimum absolute atomic E-state index is 0. The number of rotatable bonds is 6. The summed E-state index contributed by atoms with van der Waals surface area (Å²) in [5.74, 6) is 1.22. The van der Waals surface area contributed by atoms with Gasteiger partial charge in [-0.25, -0.2) is 9.98 Å². The van der Waals surface area contributed by atoms with Crippen LogP contribution in [0.15, 0.2) is 192 Å². The Kier molecular flexibility index (Phi) is 11.0. The minimum Gasteiger partial charge on any atom is -0.457 e. The van der Waals surface area contributed by atoms with E-state index in [1.807, 2.05) is 183 Å². The number of hydrogen-bond donors (Lipinski definition) is 0. The summed E-state index contributed by atoms with van der Waals surface area (Å²) in [5.41, 5.74) is 8.25. The molecule has 0 saturated heterocycles. The molecule has 0 aliphatic carbocycles. The number of benzene rings is 7. The lowest BCUT2D eigenvalue weighted by Gasteiger charge is -2.16. The average molecular weight is 753 g/mol. The molecule has 9 rings (SSSR count). The van der Waals surface area contributed by atoms with E-state index < -0.39 is 0 Å². The van der Waals surface area contributed by atoms with E-state index in [9.17, 15) is 9.59 Å². The molecule has 7 aromatic carbocycles. The van der Waals surface area contributed by atoms with Crippen LogP contribution in [0.3, 0.4) is 0 Å². The van der Waals surface area contributed by atoms with Crippen LogP contribution in [-0.4, -0.2) is 23.2 Å². The summed E-state index contributed by atoms with van der Waals surface area (Å²) in [7, 11) is 0. The molecule has 0 radical (unpaired) electrons. The third-order valence-corrected chi connectivity index (χ3v) is 9.18. The highest BCUT2D eigenvalue weighted by Crippen LogP contribution is 2.38. The molecule has 0 spiro atoms. The van der Waals surface area contributed by atoms with Crippen molar-refractivity contribution in [2.24, 2.45) is 9.98 Å². The Bertz CT molecular complexity index is 2550. The Morgan fingerprint density at radius 3 is 1.41 bits per heavy atom. The summed E-state index contributed by atoms with van der Waals surface area (Å²) in [6.45, 7) is 1.95. The number of para-hydroxylation sites is 5. The zero-order valence-corrected chi connectivity index (χ0v) is 30.5. The van der Waals surface area contributed by atoms with E-state index in [1.54, 1.807) is 15.9 Å². The van der Waals surface area contributed by atoms with Gasteiger partial charge in [0, 0.05) is 27.5 Å². The smallest absolute Gasteiger partial charge is 0.282 e. The average Bonchev–Trinajstić information content (AvgIpc) is 3.65. The van der Waals surface area contributed by atoms with E-state index in [4.69, 9.17) is 16.3 Å². The van der Waals surface area contributed by atoms with Crippen LogP contribution in [0.2, 0.25) is 5.02 Å². The second-order valence-corrected chi connectivity index (χ2v) is 13.2. The summed E-state index contributed by atoms with van der Waals surface area (Å²) in [5, 5.41) is 0.609. The van der Waals surface area contributed by atoms with Crippen LogP contribution in [0.25, 0.3) is 0 Å². The second-order valence-electron chi connectivity index (χ2n) is 12.8. The number of aryl methyl sites for hydroxylation is 1. The highest BCUT2D eigenvalue weighted by Gasteiger charge is 2.36. The maximum Gasteiger partial charge on any atom is 0.282 e. The van der Waals surface area contributed by atoms with Crippen molar-refractivity contribution < 1.29 is 14.3 Å². The van der Waals surface area contributed by atoms with Crippen molar-refractivity contribution in [3.05, 3.63) is 204 Å². The molecule has 7 nitrogen and oxygen atoms in total. The van der Waals surface area contributed by atoms with Gasteiger partial charge in [-0.3, -0.25) is 19.4 Å². The fourth-order valence-electron chi connectivity index (χ4n) is 6.53. The van der Waals surface area contributed by atoms with Crippen LogP contribution < -0.4 is 14.5 Å². The molecule has 8 heteroatoms. The summed E-state index contributed by atoms with van der Waals surface area (Å²) < 4.78 is 5.83. The standard InChI is InChI=1S/C26H18N2O2.C21H15ClN2O.CH4/c29-26-25(23-13-7-8-14-24(23)28(26)20-9-3-1-4-10-20)27-19-15-17-22(18-16-19)30-21-11-5-2-6-12-21;1-14-11-15(22)13-16(12-14)23-20-18-9-5-6-10-19(18)24(21(20)25)17-7-3-2-4-8-17;/h1-18H;2-13H,1H3;1H4. The first-order valence-electron chi connectivity index (χ1n) is 17.7. The van der Waals surface area contributed by atoms with Crippen molar-refractivity contribution in [3.8, 4) is 11.5 Å². The lowest BCUT2D eigenvalue weighted by atomic mass is 10.1. The van der Waals surface area contributed by atoms with E-state index in [0.717, 1.165) is 45.2 Å². The molecule has 7 aromatic rings. The number of nitrogens with zero attached hydrogens (tertiary/aromatic N) is 4. The molecule has 0 saturated carbocycles. The first-order chi connectivity index (χ1) is 26.9. The third kappa shape index (κ3) is 7.76. The number of ether oxygens (including phenoxy) is 1. The molecule has 274 valence electrons. The van der Waals surface area contributed by atoms with E-state index in [1.165, 1.54) is 0 Å². The highest BCUT2D eigenvalue weighted by atomic mass is 35.5. The van der Waals surface area contributed by atoms with E-state index in [-0.39, 0.29) is 19.2 Å². The van der Waals surface area contributed by atoms with Gasteiger partial charge in [-0.1, -0.05) is 110 Å². The van der Waals surface area contributed by atoms with Crippen molar-refractivity contribution in [2.45, 2.75) is 14.4 Å². The molecule has 2 heterocycles. The molecule has 2 aliphatic rings. The second kappa shape index (κ2) is 16.5. The van der Waals surface area contributed by atoms with Crippen LogP contribution >= 0.6 is 11.6 Å². The lowest BCUT2D eigenvalue weighted by molar-refractivity contribution is -0.112. The van der Waals surface area contributed by atoms with Crippen LogP contribution in [0.4, 0.5) is 34.1 Å². The van der Waals surface area contributed by atoms with Gasteiger partial charge in [-0.2, -0.15) is 0 Å². The number of hydrogen-bond acceptors (Lipinski definition) is 5. The molecule has 2 aliphatic heterocycles. The summed E-state index contributed by atoms with van der Waals surface area (Å²) in [4.78, 5) is 39.0. The molecular weight excluding hydrogens is 716 g/mol. The summed E-state index contributed by atoms with van der Waals surface area (Å²) in [6.07, 6.45) is 0. The van der Waals surface area contributed by atoms with Gasteiger partial charge in [0.1, 0.15) is 22.9 Å². The minimum atomic E-state index is -0.134. The van der Waals surface area contributed by atoms with Gasteiger partial charge in [0.05, 0.1) is 22.7 Å². The normalized spacial score (nSPS) is 14.2. The largest absolute Gasteiger partial charge is 0.457 e. The Balaban J connectivity index is 0.000000171. The number of aliphatic imine (C=N–C) groups is 2. The zero-order chi connectivity index (χ0) is 37.7. The van der Waals surface area contributed by atoms with Crippen LogP contribution in [-0.2, 0) is 9.59 Å². The van der Waals surface area contributed by atoms with Gasteiger partial charge in [0.25, 0.3) is 11.8 Å². The number of amides is 2. The predicted molar refractivity (Wildman–Crippen MR) is 228 cm³/mol. The predicted octanol–water partition coefficient (Wildman–Crippen LogP) is 12.4. The molecule has 0 aromatic heterocycles. The van der Waals surface area contributed by atoms with Gasteiger partial charge in [-0.05, 0) is 103 Å². The monoisotopic (exact) mass is 752 g/mol. The lowest BCUT2D eigenvalue weighted by Crippen LogP contribution is -2.25. The Morgan fingerprint density at radius 2 is 0.911 bits per heavy atom. The molecular formula is C48H37ClN4O3. The molecule has 0 N–H and O–H groups in total. The quantitative estimate of drug-likeness (QED) is 0.170. The number of carbonyl (C=O) groups excluding carboxylic acids is 2. The third-order valence-electron chi connectivity index (χ3n) is 8.96. The number of fused-ring (bicyclic) bond motifs is 2. The van der Waals surface area contributed by atoms with Gasteiger partial charge < -0.3 is 4.74 Å². The Hall–Kier alpha value is -7.09. The maximum absolute atomic E-state index is 13.2. The van der Waals surface area contributed by atoms with Gasteiger partial charge in [-0.15, -0.1) is 0 Å². The molecule has 0 unspecified atom stereocenters. The SMILES string of the molecule is C.Cc1cc(Cl)cc(N=C2C(=O)N(c3ccccc3)c3ccccc32)c1.O=C1C(=Nc2ccc(Oc3ccccc3)cc2)c2ccccc2N1c1ccccc1. The summed E-state index contributed by atoms with van der Waals surface area (Å²) in [6, 6.07) is 57.2. The first kappa shape index (κ1) is 37.2.